The van der Waals surface area contributed by atoms with Crippen molar-refractivity contribution in [2.75, 3.05) is 34.4 Å². The highest BCUT2D eigenvalue weighted by Crippen LogP contribution is 2.30. The smallest absolute Gasteiger partial charge is 0.227 e. The quantitative estimate of drug-likeness (QED) is 0.751. The minimum absolute atomic E-state index is 0.161. The van der Waals surface area contributed by atoms with Crippen molar-refractivity contribution in [2.24, 2.45) is 5.92 Å². The lowest BCUT2D eigenvalue weighted by molar-refractivity contribution is -0.129. The van der Waals surface area contributed by atoms with Gasteiger partial charge in [-0.3, -0.25) is 4.79 Å². The van der Waals surface area contributed by atoms with Crippen LogP contribution in [0.4, 0.5) is 0 Å². The first-order valence-electron chi connectivity index (χ1n) is 9.25. The molecule has 0 N–H and O–H groups in total. The molecule has 0 radical (unpaired) electrons. The number of para-hydroxylation sites is 1. The maximum absolute atomic E-state index is 12.7. The van der Waals surface area contributed by atoms with Gasteiger partial charge in [-0.2, -0.15) is 0 Å². The number of carbonyl (C=O) groups is 1. The Labute approximate surface area is 160 Å². The van der Waals surface area contributed by atoms with Crippen molar-refractivity contribution in [1.82, 2.24) is 4.90 Å². The van der Waals surface area contributed by atoms with Crippen LogP contribution in [0.2, 0.25) is 0 Å². The van der Waals surface area contributed by atoms with Crippen molar-refractivity contribution in [1.29, 1.82) is 0 Å². The van der Waals surface area contributed by atoms with E-state index in [1.807, 2.05) is 41.3 Å². The first-order chi connectivity index (χ1) is 13.1. The van der Waals surface area contributed by atoms with E-state index < -0.39 is 0 Å². The van der Waals surface area contributed by atoms with Gasteiger partial charge in [-0.15, -0.1) is 0 Å². The Morgan fingerprint density at radius 1 is 1.00 bits per heavy atom. The summed E-state index contributed by atoms with van der Waals surface area (Å²) < 4.78 is 16.0. The van der Waals surface area contributed by atoms with E-state index in [2.05, 4.69) is 6.07 Å². The summed E-state index contributed by atoms with van der Waals surface area (Å²) >= 11 is 0. The molecular formula is C22H27NO4. The van der Waals surface area contributed by atoms with Gasteiger partial charge in [0.05, 0.1) is 27.8 Å². The third-order valence-electron chi connectivity index (χ3n) is 5.15. The molecule has 3 rings (SSSR count). The Bertz CT molecular complexity index is 790. The number of ether oxygens (including phenoxy) is 3. The Morgan fingerprint density at radius 2 is 1.74 bits per heavy atom. The molecule has 5 heteroatoms. The lowest BCUT2D eigenvalue weighted by Gasteiger charge is -2.18. The Hall–Kier alpha value is -2.69. The van der Waals surface area contributed by atoms with Crippen LogP contribution in [-0.2, 0) is 17.6 Å². The lowest BCUT2D eigenvalue weighted by atomic mass is 9.98. The fraction of sp³-hybridized carbons (Fsp3) is 0.409. The molecule has 1 saturated heterocycles. The van der Waals surface area contributed by atoms with E-state index in [1.54, 1.807) is 21.3 Å². The summed E-state index contributed by atoms with van der Waals surface area (Å²) in [7, 11) is 4.92. The minimum Gasteiger partial charge on any atom is -0.496 e. The van der Waals surface area contributed by atoms with Gasteiger partial charge in [0.25, 0.3) is 0 Å². The van der Waals surface area contributed by atoms with Gasteiger partial charge in [0, 0.05) is 18.7 Å². The van der Waals surface area contributed by atoms with E-state index in [1.165, 1.54) is 5.56 Å². The van der Waals surface area contributed by atoms with Crippen molar-refractivity contribution in [3.05, 3.63) is 53.6 Å². The number of carbonyl (C=O) groups excluding carboxylic acids is 1. The Kier molecular flexibility index (Phi) is 6.22. The fourth-order valence-electron chi connectivity index (χ4n) is 3.69. The van der Waals surface area contributed by atoms with Gasteiger partial charge in [-0.25, -0.2) is 0 Å². The molecular weight excluding hydrogens is 342 g/mol. The third-order valence-corrected chi connectivity index (χ3v) is 5.15. The zero-order chi connectivity index (χ0) is 19.2. The zero-order valence-electron chi connectivity index (χ0n) is 16.2. The summed E-state index contributed by atoms with van der Waals surface area (Å²) in [6.07, 6.45) is 2.33. The number of likely N-dealkylation sites (tertiary alicyclic amines) is 1. The Morgan fingerprint density at radius 3 is 2.48 bits per heavy atom. The van der Waals surface area contributed by atoms with Gasteiger partial charge >= 0.3 is 0 Å². The fourth-order valence-corrected chi connectivity index (χ4v) is 3.69. The molecule has 1 unspecified atom stereocenters. The summed E-state index contributed by atoms with van der Waals surface area (Å²) in [6.45, 7) is 1.61. The first kappa shape index (κ1) is 19.1. The van der Waals surface area contributed by atoms with Crippen molar-refractivity contribution < 1.29 is 19.0 Å². The molecule has 0 aliphatic carbocycles. The summed E-state index contributed by atoms with van der Waals surface area (Å²) in [5.74, 6) is 2.88. The maximum atomic E-state index is 12.7. The standard InChI is InChI=1S/C22H27NO4/c1-25-19-7-5-4-6-18(19)14-22(24)23-11-10-17(15-23)12-16-8-9-20(26-2)21(13-16)27-3/h4-9,13,17H,10-12,14-15H2,1-3H3. The van der Waals surface area contributed by atoms with Gasteiger partial charge in [0.15, 0.2) is 11.5 Å². The van der Waals surface area contributed by atoms with Crippen LogP contribution < -0.4 is 14.2 Å². The van der Waals surface area contributed by atoms with E-state index >= 15 is 0 Å². The van der Waals surface area contributed by atoms with Crippen molar-refractivity contribution in [3.63, 3.8) is 0 Å². The molecule has 1 heterocycles. The van der Waals surface area contributed by atoms with Crippen molar-refractivity contribution in [2.45, 2.75) is 19.3 Å². The summed E-state index contributed by atoms with van der Waals surface area (Å²) in [5, 5.41) is 0. The van der Waals surface area contributed by atoms with E-state index in [0.717, 1.165) is 48.7 Å². The zero-order valence-corrected chi connectivity index (χ0v) is 16.2. The second-order valence-corrected chi connectivity index (χ2v) is 6.88. The molecule has 144 valence electrons. The van der Waals surface area contributed by atoms with Crippen LogP contribution in [0.15, 0.2) is 42.5 Å². The predicted molar refractivity (Wildman–Crippen MR) is 105 cm³/mol. The number of methoxy groups -OCH3 is 3. The molecule has 1 fully saturated rings. The molecule has 1 atom stereocenters. The van der Waals surface area contributed by atoms with E-state index in [0.29, 0.717) is 12.3 Å². The average molecular weight is 369 g/mol. The minimum atomic E-state index is 0.161. The molecule has 5 nitrogen and oxygen atoms in total. The van der Waals surface area contributed by atoms with Gasteiger partial charge in [0.2, 0.25) is 5.91 Å². The number of hydrogen-bond donors (Lipinski definition) is 0. The molecule has 0 spiro atoms. The molecule has 1 aliphatic rings. The number of rotatable bonds is 7. The second-order valence-electron chi connectivity index (χ2n) is 6.88. The molecule has 1 aliphatic heterocycles. The van der Waals surface area contributed by atoms with Crippen molar-refractivity contribution >= 4 is 5.91 Å². The van der Waals surface area contributed by atoms with Crippen LogP contribution in [0.5, 0.6) is 17.2 Å². The Balaban J connectivity index is 1.59. The van der Waals surface area contributed by atoms with Gasteiger partial charge in [0.1, 0.15) is 5.75 Å². The third kappa shape index (κ3) is 4.54. The normalized spacial score (nSPS) is 16.3. The van der Waals surface area contributed by atoms with Crippen LogP contribution >= 0.6 is 0 Å². The van der Waals surface area contributed by atoms with Gasteiger partial charge in [-0.1, -0.05) is 24.3 Å². The highest BCUT2D eigenvalue weighted by Gasteiger charge is 2.27. The summed E-state index contributed by atoms with van der Waals surface area (Å²) in [4.78, 5) is 14.7. The van der Waals surface area contributed by atoms with Crippen LogP contribution in [0.25, 0.3) is 0 Å². The first-order valence-corrected chi connectivity index (χ1v) is 9.25. The maximum Gasteiger partial charge on any atom is 0.227 e. The second kappa shape index (κ2) is 8.80. The van der Waals surface area contributed by atoms with E-state index in [4.69, 9.17) is 14.2 Å². The number of benzene rings is 2. The molecule has 2 aromatic rings. The van der Waals surface area contributed by atoms with Gasteiger partial charge in [-0.05, 0) is 42.5 Å². The highest BCUT2D eigenvalue weighted by atomic mass is 16.5. The molecule has 0 aromatic heterocycles. The SMILES string of the molecule is COc1ccccc1CC(=O)N1CCC(Cc2ccc(OC)c(OC)c2)C1. The highest BCUT2D eigenvalue weighted by molar-refractivity contribution is 5.79. The number of hydrogen-bond acceptors (Lipinski definition) is 4. The molecule has 0 bridgehead atoms. The average Bonchev–Trinajstić information content (AvgIpc) is 3.17. The molecule has 2 aromatic carbocycles. The largest absolute Gasteiger partial charge is 0.496 e. The number of nitrogens with zero attached hydrogens (tertiary/aromatic N) is 1. The van der Waals surface area contributed by atoms with E-state index in [-0.39, 0.29) is 5.91 Å². The van der Waals surface area contributed by atoms with Crippen LogP contribution in [-0.4, -0.2) is 45.2 Å². The lowest BCUT2D eigenvalue weighted by Crippen LogP contribution is -2.30. The van der Waals surface area contributed by atoms with E-state index in [9.17, 15) is 4.79 Å². The number of amides is 1. The van der Waals surface area contributed by atoms with Crippen LogP contribution in [0.1, 0.15) is 17.5 Å². The van der Waals surface area contributed by atoms with Gasteiger partial charge < -0.3 is 19.1 Å². The van der Waals surface area contributed by atoms with Crippen LogP contribution in [0.3, 0.4) is 0 Å². The molecule has 1 amide bonds. The topological polar surface area (TPSA) is 48.0 Å². The molecule has 27 heavy (non-hydrogen) atoms. The molecule has 0 saturated carbocycles. The van der Waals surface area contributed by atoms with Crippen molar-refractivity contribution in [3.8, 4) is 17.2 Å². The van der Waals surface area contributed by atoms with Crippen LogP contribution in [0, 0.1) is 5.92 Å². The summed E-state index contributed by atoms with van der Waals surface area (Å²) in [6, 6.07) is 13.7. The predicted octanol–water partition coefficient (Wildman–Crippen LogP) is 3.35. The monoisotopic (exact) mass is 369 g/mol. The summed E-state index contributed by atoms with van der Waals surface area (Å²) in [5.41, 5.74) is 2.14.